The maximum Gasteiger partial charge on any atom is 0.326 e. The van der Waals surface area contributed by atoms with E-state index in [4.69, 9.17) is 9.84 Å². The third kappa shape index (κ3) is 4.67. The summed E-state index contributed by atoms with van der Waals surface area (Å²) in [5.41, 5.74) is 0. The highest BCUT2D eigenvalue weighted by Gasteiger charge is 2.23. The predicted molar refractivity (Wildman–Crippen MR) is 65.9 cm³/mol. The molecule has 0 bridgehead atoms. The van der Waals surface area contributed by atoms with Crippen LogP contribution in [0.15, 0.2) is 0 Å². The lowest BCUT2D eigenvalue weighted by Gasteiger charge is -2.12. The van der Waals surface area contributed by atoms with Gasteiger partial charge in [-0.25, -0.2) is 9.78 Å². The van der Waals surface area contributed by atoms with Gasteiger partial charge >= 0.3 is 11.9 Å². The second-order valence-corrected chi connectivity index (χ2v) is 3.95. The molecule has 1 aromatic rings. The fraction of sp³-hybridized carbons (Fsp3) is 0.545. The number of aryl methyl sites for hydroxylation is 1. The molecule has 0 aliphatic heterocycles. The molecule has 0 saturated heterocycles. The molecule has 0 radical (unpaired) electrons. The van der Waals surface area contributed by atoms with Gasteiger partial charge in [-0.2, -0.15) is 0 Å². The van der Waals surface area contributed by atoms with E-state index in [-0.39, 0.29) is 25.3 Å². The molecule has 0 saturated carbocycles. The maximum atomic E-state index is 11.7. The van der Waals surface area contributed by atoms with E-state index in [9.17, 15) is 14.4 Å². The number of hydrogen-bond donors (Lipinski definition) is 3. The standard InChI is InChI=1S/C11H16N4O5/c1-3-20-8(16)5-4-7(11(18)19)13-10(17)9-12-6(2)14-15-9/h7H,3-5H2,1-2H3,(H,13,17)(H,18,19)(H,12,14,15)/t7-/m0/s1. The van der Waals surface area contributed by atoms with Gasteiger partial charge < -0.3 is 15.2 Å². The Hall–Kier alpha value is -2.45. The highest BCUT2D eigenvalue weighted by molar-refractivity contribution is 5.93. The maximum absolute atomic E-state index is 11.7. The van der Waals surface area contributed by atoms with E-state index in [1.807, 2.05) is 0 Å². The summed E-state index contributed by atoms with van der Waals surface area (Å²) in [7, 11) is 0. The molecule has 1 rings (SSSR count). The smallest absolute Gasteiger partial charge is 0.326 e. The summed E-state index contributed by atoms with van der Waals surface area (Å²) in [6.07, 6.45) is -0.165. The van der Waals surface area contributed by atoms with Crippen LogP contribution in [0.2, 0.25) is 0 Å². The number of aliphatic carboxylic acids is 1. The van der Waals surface area contributed by atoms with Crippen LogP contribution in [0, 0.1) is 6.92 Å². The molecule has 1 aromatic heterocycles. The first-order valence-electron chi connectivity index (χ1n) is 6.02. The number of carboxylic acid groups (broad SMARTS) is 1. The van der Waals surface area contributed by atoms with Crippen LogP contribution in [0.25, 0.3) is 0 Å². The molecule has 0 aliphatic carbocycles. The summed E-state index contributed by atoms with van der Waals surface area (Å²) in [5, 5.41) is 17.3. The first-order valence-corrected chi connectivity index (χ1v) is 6.02. The van der Waals surface area contributed by atoms with Gasteiger partial charge in [0.1, 0.15) is 11.9 Å². The van der Waals surface area contributed by atoms with Gasteiger partial charge in [0.15, 0.2) is 0 Å². The molecule has 0 aliphatic rings. The molecule has 1 heterocycles. The zero-order valence-electron chi connectivity index (χ0n) is 11.2. The number of ether oxygens (including phenoxy) is 1. The van der Waals surface area contributed by atoms with E-state index in [1.165, 1.54) is 0 Å². The molecule has 0 unspecified atom stereocenters. The third-order valence-corrected chi connectivity index (χ3v) is 2.35. The van der Waals surface area contributed by atoms with Crippen molar-refractivity contribution in [3.05, 3.63) is 11.6 Å². The largest absolute Gasteiger partial charge is 0.480 e. The van der Waals surface area contributed by atoms with Gasteiger partial charge in [-0.05, 0) is 20.3 Å². The monoisotopic (exact) mass is 284 g/mol. The molecule has 0 spiro atoms. The quantitative estimate of drug-likeness (QED) is 0.582. The number of hydrogen-bond acceptors (Lipinski definition) is 6. The van der Waals surface area contributed by atoms with Crippen LogP contribution in [0.3, 0.4) is 0 Å². The van der Waals surface area contributed by atoms with Gasteiger partial charge in [-0.15, -0.1) is 5.10 Å². The zero-order chi connectivity index (χ0) is 15.1. The second kappa shape index (κ2) is 7.22. The van der Waals surface area contributed by atoms with Gasteiger partial charge in [0.25, 0.3) is 5.91 Å². The Balaban J connectivity index is 2.57. The number of rotatable bonds is 7. The minimum absolute atomic E-state index is 0.0662. The number of nitrogens with zero attached hydrogens (tertiary/aromatic N) is 2. The van der Waals surface area contributed by atoms with Crippen molar-refractivity contribution in [1.29, 1.82) is 0 Å². The van der Waals surface area contributed by atoms with Crippen molar-refractivity contribution < 1.29 is 24.2 Å². The van der Waals surface area contributed by atoms with Crippen LogP contribution in [0.5, 0.6) is 0 Å². The Morgan fingerprint density at radius 3 is 2.65 bits per heavy atom. The topological polar surface area (TPSA) is 134 Å². The summed E-state index contributed by atoms with van der Waals surface area (Å²) in [6.45, 7) is 3.48. The molecular formula is C11H16N4O5. The number of carboxylic acids is 1. The Morgan fingerprint density at radius 2 is 2.15 bits per heavy atom. The van der Waals surface area contributed by atoms with Crippen molar-refractivity contribution in [2.45, 2.75) is 32.7 Å². The van der Waals surface area contributed by atoms with Crippen molar-refractivity contribution in [2.24, 2.45) is 0 Å². The number of carbonyl (C=O) groups is 3. The summed E-state index contributed by atoms with van der Waals surface area (Å²) in [4.78, 5) is 37.7. The molecular weight excluding hydrogens is 268 g/mol. The molecule has 110 valence electrons. The van der Waals surface area contributed by atoms with Crippen molar-refractivity contribution in [2.75, 3.05) is 6.61 Å². The SMILES string of the molecule is CCOC(=O)CC[C@H](NC(=O)c1n[nH]c(C)n1)C(=O)O. The Bertz CT molecular complexity index is 499. The lowest BCUT2D eigenvalue weighted by Crippen LogP contribution is -2.41. The first kappa shape index (κ1) is 15.6. The van der Waals surface area contributed by atoms with Gasteiger partial charge in [0.05, 0.1) is 6.61 Å². The number of aromatic amines is 1. The fourth-order valence-corrected chi connectivity index (χ4v) is 1.42. The average molecular weight is 284 g/mol. The van der Waals surface area contributed by atoms with Crippen molar-refractivity contribution in [1.82, 2.24) is 20.5 Å². The van der Waals surface area contributed by atoms with Crippen molar-refractivity contribution in [3.8, 4) is 0 Å². The zero-order valence-corrected chi connectivity index (χ0v) is 11.2. The first-order chi connectivity index (χ1) is 9.43. The van der Waals surface area contributed by atoms with Crippen LogP contribution in [0.1, 0.15) is 36.2 Å². The van der Waals surface area contributed by atoms with E-state index in [2.05, 4.69) is 20.5 Å². The summed E-state index contributed by atoms with van der Waals surface area (Å²) in [6, 6.07) is -1.20. The average Bonchev–Trinajstić information content (AvgIpc) is 2.81. The highest BCUT2D eigenvalue weighted by atomic mass is 16.5. The normalized spacial score (nSPS) is 11.7. The Morgan fingerprint density at radius 1 is 1.45 bits per heavy atom. The van der Waals surface area contributed by atoms with Crippen molar-refractivity contribution in [3.63, 3.8) is 0 Å². The van der Waals surface area contributed by atoms with Gasteiger partial charge in [-0.1, -0.05) is 0 Å². The Kier molecular flexibility index (Phi) is 5.63. The number of esters is 1. The highest BCUT2D eigenvalue weighted by Crippen LogP contribution is 2.02. The van der Waals surface area contributed by atoms with E-state index >= 15 is 0 Å². The van der Waals surface area contributed by atoms with Crippen LogP contribution >= 0.6 is 0 Å². The summed E-state index contributed by atoms with van der Waals surface area (Å²) >= 11 is 0. The van der Waals surface area contributed by atoms with Crippen LogP contribution in [0.4, 0.5) is 0 Å². The fourth-order valence-electron chi connectivity index (χ4n) is 1.42. The lowest BCUT2D eigenvalue weighted by atomic mass is 10.1. The van der Waals surface area contributed by atoms with Crippen LogP contribution < -0.4 is 5.32 Å². The number of carbonyl (C=O) groups excluding carboxylic acids is 2. The molecule has 1 amide bonds. The van der Waals surface area contributed by atoms with Gasteiger partial charge in [0, 0.05) is 6.42 Å². The Labute approximate surface area is 114 Å². The van der Waals surface area contributed by atoms with E-state index in [0.717, 1.165) is 0 Å². The molecule has 0 fully saturated rings. The predicted octanol–water partition coefficient (Wildman–Crippen LogP) is -0.361. The number of amides is 1. The third-order valence-electron chi connectivity index (χ3n) is 2.35. The van der Waals surface area contributed by atoms with Crippen LogP contribution in [-0.2, 0) is 14.3 Å². The minimum atomic E-state index is -1.24. The minimum Gasteiger partial charge on any atom is -0.480 e. The van der Waals surface area contributed by atoms with Gasteiger partial charge in [-0.3, -0.25) is 14.7 Å². The molecule has 3 N–H and O–H groups in total. The van der Waals surface area contributed by atoms with Gasteiger partial charge in [0.2, 0.25) is 5.82 Å². The van der Waals surface area contributed by atoms with Crippen molar-refractivity contribution >= 4 is 17.8 Å². The summed E-state index contributed by atoms with van der Waals surface area (Å²) < 4.78 is 4.69. The van der Waals surface area contributed by atoms with E-state index in [1.54, 1.807) is 13.8 Å². The molecule has 1 atom stereocenters. The number of aromatic nitrogens is 3. The molecule has 20 heavy (non-hydrogen) atoms. The number of H-pyrrole nitrogens is 1. The molecule has 9 nitrogen and oxygen atoms in total. The number of nitrogens with one attached hydrogen (secondary N) is 2. The summed E-state index contributed by atoms with van der Waals surface area (Å²) in [5.74, 6) is -2.18. The molecule has 9 heteroatoms. The van der Waals surface area contributed by atoms with E-state index < -0.39 is 23.9 Å². The molecule has 0 aromatic carbocycles. The lowest BCUT2D eigenvalue weighted by molar-refractivity contribution is -0.144. The van der Waals surface area contributed by atoms with E-state index in [0.29, 0.717) is 5.82 Å². The second-order valence-electron chi connectivity index (χ2n) is 3.95. The van der Waals surface area contributed by atoms with Crippen LogP contribution in [-0.4, -0.2) is 50.8 Å².